The highest BCUT2D eigenvalue weighted by Crippen LogP contribution is 2.08. The Labute approximate surface area is 114 Å². The number of carbonyl (C=O) groups is 1. The van der Waals surface area contributed by atoms with Gasteiger partial charge in [-0.25, -0.2) is 4.98 Å². The van der Waals surface area contributed by atoms with Crippen LogP contribution in [0.25, 0.3) is 4.96 Å². The van der Waals surface area contributed by atoms with Gasteiger partial charge >= 0.3 is 5.97 Å². The van der Waals surface area contributed by atoms with Crippen molar-refractivity contribution in [3.63, 3.8) is 0 Å². The van der Waals surface area contributed by atoms with Crippen molar-refractivity contribution in [2.75, 3.05) is 20.2 Å². The number of likely N-dealkylation sites (N-methyl/N-ethyl adjacent to an activating group) is 1. The molecule has 102 valence electrons. The second kappa shape index (κ2) is 5.94. The molecule has 0 amide bonds. The van der Waals surface area contributed by atoms with Crippen LogP contribution in [0.4, 0.5) is 0 Å². The molecule has 2 aromatic heterocycles. The Hall–Kier alpha value is -1.73. The Morgan fingerprint density at radius 2 is 2.37 bits per heavy atom. The van der Waals surface area contributed by atoms with Gasteiger partial charge in [0.15, 0.2) is 4.96 Å². The van der Waals surface area contributed by atoms with Gasteiger partial charge in [-0.2, -0.15) is 0 Å². The topological polar surface area (TPSA) is 63.9 Å². The van der Waals surface area contributed by atoms with Crippen molar-refractivity contribution in [1.29, 1.82) is 0 Å². The van der Waals surface area contributed by atoms with Crippen molar-refractivity contribution in [1.82, 2.24) is 14.3 Å². The summed E-state index contributed by atoms with van der Waals surface area (Å²) in [7, 11) is 1.36. The maximum absolute atomic E-state index is 11.8. The highest BCUT2D eigenvalue weighted by Gasteiger charge is 2.12. The lowest BCUT2D eigenvalue weighted by atomic mass is 10.3. The van der Waals surface area contributed by atoms with Crippen LogP contribution in [-0.4, -0.2) is 40.5 Å². The average Bonchev–Trinajstić information content (AvgIpc) is 2.86. The molecule has 7 heteroatoms. The third-order valence-corrected chi connectivity index (χ3v) is 3.53. The van der Waals surface area contributed by atoms with Crippen LogP contribution in [-0.2, 0) is 16.1 Å². The van der Waals surface area contributed by atoms with Crippen LogP contribution in [0.15, 0.2) is 22.4 Å². The summed E-state index contributed by atoms with van der Waals surface area (Å²) in [6.45, 7) is 3.27. The molecule has 0 aromatic carbocycles. The van der Waals surface area contributed by atoms with Crippen molar-refractivity contribution in [3.8, 4) is 0 Å². The van der Waals surface area contributed by atoms with E-state index in [-0.39, 0.29) is 18.1 Å². The van der Waals surface area contributed by atoms with E-state index < -0.39 is 0 Å². The maximum atomic E-state index is 11.8. The SMILES string of the molecule is CCN(CC(=O)OC)Cc1cc(=O)n2ccsc2n1. The van der Waals surface area contributed by atoms with Crippen molar-refractivity contribution >= 4 is 22.3 Å². The smallest absolute Gasteiger partial charge is 0.319 e. The van der Waals surface area contributed by atoms with Gasteiger partial charge in [-0.15, -0.1) is 11.3 Å². The van der Waals surface area contributed by atoms with E-state index in [4.69, 9.17) is 0 Å². The van der Waals surface area contributed by atoms with E-state index in [1.54, 1.807) is 6.20 Å². The molecule has 0 N–H and O–H groups in total. The molecule has 2 heterocycles. The van der Waals surface area contributed by atoms with E-state index in [0.29, 0.717) is 23.7 Å². The molecule has 0 saturated heterocycles. The Morgan fingerprint density at radius 3 is 3.05 bits per heavy atom. The Morgan fingerprint density at radius 1 is 1.58 bits per heavy atom. The second-order valence-electron chi connectivity index (χ2n) is 4.02. The van der Waals surface area contributed by atoms with Crippen LogP contribution in [0, 0.1) is 0 Å². The van der Waals surface area contributed by atoms with Crippen LogP contribution >= 0.6 is 11.3 Å². The summed E-state index contributed by atoms with van der Waals surface area (Å²) < 4.78 is 6.14. The zero-order valence-electron chi connectivity index (χ0n) is 10.8. The molecular weight excluding hydrogens is 266 g/mol. The highest BCUT2D eigenvalue weighted by molar-refractivity contribution is 7.15. The average molecular weight is 281 g/mol. The van der Waals surface area contributed by atoms with Gasteiger partial charge in [-0.3, -0.25) is 18.9 Å². The van der Waals surface area contributed by atoms with Gasteiger partial charge in [0.1, 0.15) is 0 Å². The second-order valence-corrected chi connectivity index (χ2v) is 4.89. The number of fused-ring (bicyclic) bond motifs is 1. The zero-order valence-corrected chi connectivity index (χ0v) is 11.6. The molecule has 0 bridgehead atoms. The van der Waals surface area contributed by atoms with Crippen molar-refractivity contribution in [2.24, 2.45) is 0 Å². The molecule has 6 nitrogen and oxygen atoms in total. The molecule has 19 heavy (non-hydrogen) atoms. The van der Waals surface area contributed by atoms with E-state index in [1.165, 1.54) is 28.9 Å². The summed E-state index contributed by atoms with van der Waals surface area (Å²) in [6.07, 6.45) is 1.70. The standard InChI is InChI=1S/C12H15N3O3S/c1-3-14(8-11(17)18-2)7-9-6-10(16)15-4-5-19-12(15)13-9/h4-6H,3,7-8H2,1-2H3. The molecule has 0 fully saturated rings. The minimum atomic E-state index is -0.296. The maximum Gasteiger partial charge on any atom is 0.319 e. The van der Waals surface area contributed by atoms with Crippen LogP contribution in [0.2, 0.25) is 0 Å². The zero-order chi connectivity index (χ0) is 13.8. The number of hydrogen-bond acceptors (Lipinski definition) is 6. The number of thiazole rings is 1. The van der Waals surface area contributed by atoms with Gasteiger partial charge in [-0.05, 0) is 6.54 Å². The molecule has 0 aliphatic rings. The number of aromatic nitrogens is 2. The van der Waals surface area contributed by atoms with Gasteiger partial charge in [0.05, 0.1) is 19.3 Å². The van der Waals surface area contributed by atoms with Gasteiger partial charge in [-0.1, -0.05) is 6.92 Å². The first-order valence-corrected chi connectivity index (χ1v) is 6.77. The van der Waals surface area contributed by atoms with Gasteiger partial charge in [0, 0.05) is 24.2 Å². The van der Waals surface area contributed by atoms with E-state index >= 15 is 0 Å². The Bertz CT molecular complexity index is 634. The minimum absolute atomic E-state index is 0.102. The monoisotopic (exact) mass is 281 g/mol. The number of methoxy groups -OCH3 is 1. The number of rotatable bonds is 5. The van der Waals surface area contributed by atoms with Gasteiger partial charge < -0.3 is 4.74 Å². The fraction of sp³-hybridized carbons (Fsp3) is 0.417. The molecule has 2 rings (SSSR count). The molecule has 0 aliphatic carbocycles. The normalized spacial score (nSPS) is 11.1. The number of nitrogens with zero attached hydrogens (tertiary/aromatic N) is 3. The number of hydrogen-bond donors (Lipinski definition) is 0. The summed E-state index contributed by atoms with van der Waals surface area (Å²) in [4.78, 5) is 30.0. The van der Waals surface area contributed by atoms with Crippen molar-refractivity contribution in [3.05, 3.63) is 33.7 Å². The molecule has 2 aromatic rings. The largest absolute Gasteiger partial charge is 0.468 e. The summed E-state index contributed by atoms with van der Waals surface area (Å²) in [5.41, 5.74) is 0.563. The summed E-state index contributed by atoms with van der Waals surface area (Å²) in [6, 6.07) is 1.50. The molecule has 0 aliphatic heterocycles. The van der Waals surface area contributed by atoms with E-state index in [9.17, 15) is 9.59 Å². The summed E-state index contributed by atoms with van der Waals surface area (Å²) in [5, 5.41) is 1.82. The quantitative estimate of drug-likeness (QED) is 0.757. The first-order chi connectivity index (χ1) is 9.13. The van der Waals surface area contributed by atoms with Crippen LogP contribution in [0.1, 0.15) is 12.6 Å². The van der Waals surface area contributed by atoms with Gasteiger partial charge in [0.2, 0.25) is 0 Å². The lowest BCUT2D eigenvalue weighted by molar-refractivity contribution is -0.142. The van der Waals surface area contributed by atoms with E-state index in [1.807, 2.05) is 17.2 Å². The predicted molar refractivity (Wildman–Crippen MR) is 72.3 cm³/mol. The van der Waals surface area contributed by atoms with Crippen molar-refractivity contribution in [2.45, 2.75) is 13.5 Å². The molecule has 0 atom stereocenters. The first-order valence-electron chi connectivity index (χ1n) is 5.89. The first kappa shape index (κ1) is 13.7. The molecular formula is C12H15N3O3S. The number of ether oxygens (including phenoxy) is 1. The van der Waals surface area contributed by atoms with E-state index in [2.05, 4.69) is 9.72 Å². The summed E-state index contributed by atoms with van der Waals surface area (Å²) >= 11 is 1.41. The summed E-state index contributed by atoms with van der Waals surface area (Å²) in [5.74, 6) is -0.296. The van der Waals surface area contributed by atoms with Crippen LogP contribution in [0.5, 0.6) is 0 Å². The van der Waals surface area contributed by atoms with Crippen molar-refractivity contribution < 1.29 is 9.53 Å². The van der Waals surface area contributed by atoms with Crippen LogP contribution < -0.4 is 5.56 Å². The number of carbonyl (C=O) groups excluding carboxylic acids is 1. The Kier molecular flexibility index (Phi) is 4.28. The molecule has 0 unspecified atom stereocenters. The lowest BCUT2D eigenvalue weighted by Crippen LogP contribution is -2.31. The minimum Gasteiger partial charge on any atom is -0.468 e. The van der Waals surface area contributed by atoms with Crippen LogP contribution in [0.3, 0.4) is 0 Å². The predicted octanol–water partition coefficient (Wildman–Crippen LogP) is 0.751. The number of esters is 1. The lowest BCUT2D eigenvalue weighted by Gasteiger charge is -2.18. The fourth-order valence-corrected chi connectivity index (χ4v) is 2.46. The molecule has 0 radical (unpaired) electrons. The third-order valence-electron chi connectivity index (χ3n) is 2.77. The fourth-order valence-electron chi connectivity index (χ4n) is 1.72. The molecule has 0 spiro atoms. The van der Waals surface area contributed by atoms with Gasteiger partial charge in [0.25, 0.3) is 5.56 Å². The van der Waals surface area contributed by atoms with E-state index in [0.717, 1.165) is 0 Å². The highest BCUT2D eigenvalue weighted by atomic mass is 32.1. The Balaban J connectivity index is 2.19. The molecule has 0 saturated carbocycles. The third kappa shape index (κ3) is 3.18.